The van der Waals surface area contributed by atoms with Crippen molar-refractivity contribution in [2.75, 3.05) is 13.3 Å². The van der Waals surface area contributed by atoms with Crippen molar-refractivity contribution in [3.8, 4) is 0 Å². The molecule has 0 saturated heterocycles. The summed E-state index contributed by atoms with van der Waals surface area (Å²) in [7, 11) is 0. The summed E-state index contributed by atoms with van der Waals surface area (Å²) in [5, 5.41) is 8.87. The van der Waals surface area contributed by atoms with Gasteiger partial charge in [-0.1, -0.05) is 19.9 Å². The molecular weight excluding hydrogens is 215 g/mol. The zero-order valence-corrected chi connectivity index (χ0v) is 9.27. The van der Waals surface area contributed by atoms with Crippen LogP contribution in [0.4, 0.5) is 4.39 Å². The standard InChI is InChI=1S/C11H15FO4/c1-11(2)7(9(11)10(14)15)3-4-8(13)16-6-5-12/h3-4,7,9H,5-6H2,1-2H3,(H,14,15)/t7-,9-/m0/s1. The number of carboxylic acid groups (broad SMARTS) is 1. The van der Waals surface area contributed by atoms with Gasteiger partial charge in [0.2, 0.25) is 0 Å². The molecule has 1 aliphatic carbocycles. The van der Waals surface area contributed by atoms with Crippen LogP contribution in [0.25, 0.3) is 0 Å². The Morgan fingerprint density at radius 1 is 1.50 bits per heavy atom. The SMILES string of the molecule is CC1(C)[C@H](C(=O)O)[C@@H]1C=CC(=O)OCCF. The molecule has 1 rings (SSSR count). The zero-order valence-electron chi connectivity index (χ0n) is 9.27. The van der Waals surface area contributed by atoms with Crippen LogP contribution in [0, 0.1) is 17.3 Å². The van der Waals surface area contributed by atoms with Crippen molar-refractivity contribution >= 4 is 11.9 Å². The Balaban J connectivity index is 2.47. The van der Waals surface area contributed by atoms with Gasteiger partial charge in [-0.25, -0.2) is 9.18 Å². The summed E-state index contributed by atoms with van der Waals surface area (Å²) >= 11 is 0. The highest BCUT2D eigenvalue weighted by molar-refractivity contribution is 5.83. The van der Waals surface area contributed by atoms with Crippen LogP contribution < -0.4 is 0 Å². The topological polar surface area (TPSA) is 63.6 Å². The number of hydrogen-bond acceptors (Lipinski definition) is 3. The van der Waals surface area contributed by atoms with Crippen LogP contribution in [0.5, 0.6) is 0 Å². The number of rotatable bonds is 5. The Hall–Kier alpha value is -1.39. The number of aliphatic carboxylic acids is 1. The Morgan fingerprint density at radius 2 is 2.12 bits per heavy atom. The van der Waals surface area contributed by atoms with Gasteiger partial charge in [0.15, 0.2) is 0 Å². The van der Waals surface area contributed by atoms with Gasteiger partial charge in [0, 0.05) is 6.08 Å². The van der Waals surface area contributed by atoms with Crippen molar-refractivity contribution in [1.29, 1.82) is 0 Å². The number of hydrogen-bond donors (Lipinski definition) is 1. The minimum Gasteiger partial charge on any atom is -0.481 e. The largest absolute Gasteiger partial charge is 0.481 e. The van der Waals surface area contributed by atoms with E-state index in [9.17, 15) is 14.0 Å². The lowest BCUT2D eigenvalue weighted by molar-refractivity contribution is -0.140. The molecule has 1 N–H and O–H groups in total. The molecule has 5 heteroatoms. The molecule has 0 unspecified atom stereocenters. The number of alkyl halides is 1. The highest BCUT2D eigenvalue weighted by Crippen LogP contribution is 2.58. The van der Waals surface area contributed by atoms with Crippen molar-refractivity contribution in [1.82, 2.24) is 0 Å². The highest BCUT2D eigenvalue weighted by Gasteiger charge is 2.60. The minimum absolute atomic E-state index is 0.164. The quantitative estimate of drug-likeness (QED) is 0.573. The first-order valence-corrected chi connectivity index (χ1v) is 5.05. The van der Waals surface area contributed by atoms with E-state index in [1.165, 1.54) is 12.2 Å². The number of carbonyl (C=O) groups is 2. The van der Waals surface area contributed by atoms with Crippen molar-refractivity contribution in [3.63, 3.8) is 0 Å². The fraction of sp³-hybridized carbons (Fsp3) is 0.636. The monoisotopic (exact) mass is 230 g/mol. The van der Waals surface area contributed by atoms with Crippen LogP contribution >= 0.6 is 0 Å². The van der Waals surface area contributed by atoms with E-state index in [1.807, 2.05) is 13.8 Å². The molecule has 1 aliphatic rings. The number of carboxylic acids is 1. The Labute approximate surface area is 93.1 Å². The van der Waals surface area contributed by atoms with Crippen LogP contribution in [-0.2, 0) is 14.3 Å². The molecule has 90 valence electrons. The lowest BCUT2D eigenvalue weighted by Gasteiger charge is -1.97. The second-order valence-corrected chi connectivity index (χ2v) is 4.38. The third-order valence-corrected chi connectivity index (χ3v) is 2.94. The van der Waals surface area contributed by atoms with Crippen molar-refractivity contribution in [2.45, 2.75) is 13.8 Å². The molecule has 16 heavy (non-hydrogen) atoms. The van der Waals surface area contributed by atoms with E-state index in [4.69, 9.17) is 5.11 Å². The van der Waals surface area contributed by atoms with Gasteiger partial charge in [-0.2, -0.15) is 0 Å². The molecule has 2 atom stereocenters. The molecule has 0 heterocycles. The summed E-state index contributed by atoms with van der Waals surface area (Å²) in [6, 6.07) is 0. The first-order valence-electron chi connectivity index (χ1n) is 5.05. The molecule has 1 fully saturated rings. The molecule has 0 aromatic rings. The van der Waals surface area contributed by atoms with Gasteiger partial charge in [-0.3, -0.25) is 4.79 Å². The van der Waals surface area contributed by atoms with Gasteiger partial charge in [0.05, 0.1) is 5.92 Å². The lowest BCUT2D eigenvalue weighted by atomic mass is 10.1. The molecule has 0 spiro atoms. The van der Waals surface area contributed by atoms with E-state index in [0.717, 1.165) is 0 Å². The number of allylic oxidation sites excluding steroid dienone is 1. The molecule has 0 aliphatic heterocycles. The molecule has 0 bridgehead atoms. The van der Waals surface area contributed by atoms with Gasteiger partial charge in [-0.15, -0.1) is 0 Å². The Bertz CT molecular complexity index is 322. The lowest BCUT2D eigenvalue weighted by Crippen LogP contribution is -2.04. The van der Waals surface area contributed by atoms with Crippen LogP contribution in [0.3, 0.4) is 0 Å². The van der Waals surface area contributed by atoms with Crippen LogP contribution in [0.2, 0.25) is 0 Å². The predicted octanol–water partition coefficient (Wildman–Crippen LogP) is 1.41. The highest BCUT2D eigenvalue weighted by atomic mass is 19.1. The maximum Gasteiger partial charge on any atom is 0.330 e. The molecule has 0 aromatic heterocycles. The fourth-order valence-corrected chi connectivity index (χ4v) is 1.88. The maximum atomic E-state index is 11.7. The van der Waals surface area contributed by atoms with E-state index >= 15 is 0 Å². The third-order valence-electron chi connectivity index (χ3n) is 2.94. The van der Waals surface area contributed by atoms with Crippen LogP contribution in [-0.4, -0.2) is 30.3 Å². The summed E-state index contributed by atoms with van der Waals surface area (Å²) in [4.78, 5) is 21.8. The number of esters is 1. The van der Waals surface area contributed by atoms with E-state index < -0.39 is 24.5 Å². The second kappa shape index (κ2) is 4.63. The summed E-state index contributed by atoms with van der Waals surface area (Å²) in [6.07, 6.45) is 2.70. The number of carbonyl (C=O) groups excluding carboxylic acids is 1. The fourth-order valence-electron chi connectivity index (χ4n) is 1.88. The molecule has 4 nitrogen and oxygen atoms in total. The maximum absolute atomic E-state index is 11.7. The summed E-state index contributed by atoms with van der Waals surface area (Å²) in [5.41, 5.74) is -0.331. The Morgan fingerprint density at radius 3 is 2.56 bits per heavy atom. The minimum atomic E-state index is -0.864. The van der Waals surface area contributed by atoms with Gasteiger partial charge in [-0.05, 0) is 11.3 Å². The zero-order chi connectivity index (χ0) is 12.3. The van der Waals surface area contributed by atoms with Crippen LogP contribution in [0.15, 0.2) is 12.2 Å². The van der Waals surface area contributed by atoms with E-state index in [0.29, 0.717) is 0 Å². The molecule has 0 radical (unpaired) electrons. The molecular formula is C11H15FO4. The average Bonchev–Trinajstić information content (AvgIpc) is 2.74. The van der Waals surface area contributed by atoms with Crippen molar-refractivity contribution < 1.29 is 23.8 Å². The van der Waals surface area contributed by atoms with Gasteiger partial charge in [0.1, 0.15) is 13.3 Å². The smallest absolute Gasteiger partial charge is 0.330 e. The first kappa shape index (κ1) is 12.7. The summed E-state index contributed by atoms with van der Waals surface area (Å²) < 4.78 is 16.2. The van der Waals surface area contributed by atoms with Crippen molar-refractivity contribution in [3.05, 3.63) is 12.2 Å². The summed E-state index contributed by atoms with van der Waals surface area (Å²) in [6.45, 7) is 2.67. The number of halogens is 1. The normalized spacial score (nSPS) is 26.7. The van der Waals surface area contributed by atoms with Gasteiger partial charge in [0.25, 0.3) is 0 Å². The van der Waals surface area contributed by atoms with Gasteiger partial charge >= 0.3 is 11.9 Å². The predicted molar refractivity (Wildman–Crippen MR) is 54.5 cm³/mol. The second-order valence-electron chi connectivity index (χ2n) is 4.38. The number of ether oxygens (including phenoxy) is 1. The first-order chi connectivity index (χ1) is 7.41. The van der Waals surface area contributed by atoms with E-state index in [2.05, 4.69) is 4.74 Å². The summed E-state index contributed by atoms with van der Waals surface area (Å²) in [5.74, 6) is -2.12. The molecule has 0 amide bonds. The van der Waals surface area contributed by atoms with Crippen LogP contribution in [0.1, 0.15) is 13.8 Å². The van der Waals surface area contributed by atoms with Crippen molar-refractivity contribution in [2.24, 2.45) is 17.3 Å². The molecule has 0 aromatic carbocycles. The van der Waals surface area contributed by atoms with E-state index in [1.54, 1.807) is 0 Å². The van der Waals surface area contributed by atoms with Gasteiger partial charge < -0.3 is 9.84 Å². The third kappa shape index (κ3) is 2.59. The Kier molecular flexibility index (Phi) is 3.67. The molecule has 1 saturated carbocycles. The average molecular weight is 230 g/mol. The van der Waals surface area contributed by atoms with E-state index in [-0.39, 0.29) is 17.9 Å².